The second-order valence-electron chi connectivity index (χ2n) is 9.88. The largest absolute Gasteiger partial charge is 0.496 e. The topological polar surface area (TPSA) is 113 Å². The molecule has 0 saturated carbocycles. The van der Waals surface area contributed by atoms with E-state index in [9.17, 15) is 23.3 Å². The summed E-state index contributed by atoms with van der Waals surface area (Å²) in [5, 5.41) is 11.1. The molecule has 42 heavy (non-hydrogen) atoms. The quantitative estimate of drug-likeness (QED) is 0.227. The molecule has 222 valence electrons. The van der Waals surface area contributed by atoms with Crippen LogP contribution in [0.25, 0.3) is 6.08 Å². The Morgan fingerprint density at radius 2 is 1.76 bits per heavy atom. The summed E-state index contributed by atoms with van der Waals surface area (Å²) in [4.78, 5) is 27.7. The molecule has 1 saturated heterocycles. The van der Waals surface area contributed by atoms with E-state index in [1.54, 1.807) is 12.0 Å². The minimum Gasteiger partial charge on any atom is -0.496 e. The number of hydrogen-bond donors (Lipinski definition) is 0. The standard InChI is InChI=1S/C30H33ClN4O6S/c1-23-9-11-25(12-10-23)30(36)33(15-5-7-24-6-3-4-8-29(24)41-2)19-16-32-17-20-34(21-18-32)42(39,40)26-13-14-27(31)28(22-26)35(37)38/h3-14,22H,15-21H2,1-2H3. The van der Waals surface area contributed by atoms with Crippen LogP contribution < -0.4 is 4.74 Å². The zero-order valence-corrected chi connectivity index (χ0v) is 25.1. The van der Waals surface area contributed by atoms with Gasteiger partial charge in [0.05, 0.1) is 16.9 Å². The van der Waals surface area contributed by atoms with Crippen LogP contribution in [0.4, 0.5) is 5.69 Å². The molecule has 0 bridgehead atoms. The number of para-hydroxylation sites is 1. The second-order valence-corrected chi connectivity index (χ2v) is 12.2. The van der Waals surface area contributed by atoms with Gasteiger partial charge in [0.25, 0.3) is 11.6 Å². The van der Waals surface area contributed by atoms with Crippen LogP contribution in [-0.4, -0.2) is 86.3 Å². The van der Waals surface area contributed by atoms with Crippen molar-refractivity contribution >= 4 is 39.3 Å². The first kappa shape index (κ1) is 31.2. The number of aryl methyl sites for hydroxylation is 1. The number of hydrogen-bond acceptors (Lipinski definition) is 7. The summed E-state index contributed by atoms with van der Waals surface area (Å²) < 4.78 is 33.1. The SMILES string of the molecule is COc1ccccc1C=CCN(CCN1CCN(S(=O)(=O)c2ccc(Cl)c([N+](=O)[O-])c2)CC1)C(=O)c1ccc(C)cc1. The number of nitro benzene ring substituents is 1. The van der Waals surface area contributed by atoms with Gasteiger partial charge in [-0.25, -0.2) is 8.42 Å². The molecule has 0 atom stereocenters. The number of ether oxygens (including phenoxy) is 1. The molecule has 0 unspecified atom stereocenters. The Kier molecular flexibility index (Phi) is 10.3. The summed E-state index contributed by atoms with van der Waals surface area (Å²) in [7, 11) is -2.31. The van der Waals surface area contributed by atoms with E-state index >= 15 is 0 Å². The zero-order valence-electron chi connectivity index (χ0n) is 23.5. The summed E-state index contributed by atoms with van der Waals surface area (Å²) in [5.74, 6) is 0.649. The molecule has 1 heterocycles. The van der Waals surface area contributed by atoms with Crippen LogP contribution in [0, 0.1) is 17.0 Å². The van der Waals surface area contributed by atoms with Gasteiger partial charge in [0, 0.05) is 63.0 Å². The predicted molar refractivity (Wildman–Crippen MR) is 162 cm³/mol. The van der Waals surface area contributed by atoms with Gasteiger partial charge in [-0.1, -0.05) is 59.6 Å². The molecule has 0 aliphatic carbocycles. The van der Waals surface area contributed by atoms with Gasteiger partial charge in [0.2, 0.25) is 10.0 Å². The van der Waals surface area contributed by atoms with Crippen molar-refractivity contribution in [1.82, 2.24) is 14.1 Å². The van der Waals surface area contributed by atoms with Crippen molar-refractivity contribution in [3.8, 4) is 5.75 Å². The maximum absolute atomic E-state index is 13.4. The summed E-state index contributed by atoms with van der Waals surface area (Å²) in [6.07, 6.45) is 3.86. The van der Waals surface area contributed by atoms with E-state index in [2.05, 4.69) is 4.90 Å². The smallest absolute Gasteiger partial charge is 0.289 e. The van der Waals surface area contributed by atoms with Crippen molar-refractivity contribution in [2.45, 2.75) is 11.8 Å². The Morgan fingerprint density at radius 1 is 1.07 bits per heavy atom. The number of carbonyl (C=O) groups excluding carboxylic acids is 1. The molecule has 1 aliphatic heterocycles. The van der Waals surface area contributed by atoms with Crippen LogP contribution in [0.2, 0.25) is 5.02 Å². The van der Waals surface area contributed by atoms with Crippen molar-refractivity contribution in [3.05, 3.63) is 105 Å². The molecular weight excluding hydrogens is 580 g/mol. The third-order valence-electron chi connectivity index (χ3n) is 7.12. The molecule has 12 heteroatoms. The van der Waals surface area contributed by atoms with Crippen LogP contribution >= 0.6 is 11.6 Å². The van der Waals surface area contributed by atoms with Gasteiger partial charge in [0.15, 0.2) is 0 Å². The Bertz CT molecular complexity index is 1550. The molecule has 1 fully saturated rings. The Morgan fingerprint density at radius 3 is 2.43 bits per heavy atom. The molecule has 4 rings (SSSR count). The van der Waals surface area contributed by atoms with Crippen LogP contribution in [0.5, 0.6) is 5.75 Å². The Labute approximate surface area is 251 Å². The second kappa shape index (κ2) is 13.9. The van der Waals surface area contributed by atoms with Crippen molar-refractivity contribution in [1.29, 1.82) is 0 Å². The molecule has 1 amide bonds. The molecule has 3 aromatic rings. The zero-order chi connectivity index (χ0) is 30.3. The number of nitro groups is 1. The molecule has 0 aromatic heterocycles. The number of carbonyl (C=O) groups is 1. The van der Waals surface area contributed by atoms with Crippen molar-refractivity contribution in [3.63, 3.8) is 0 Å². The van der Waals surface area contributed by atoms with Gasteiger partial charge < -0.3 is 9.64 Å². The van der Waals surface area contributed by atoms with Crippen molar-refractivity contribution in [2.75, 3.05) is 52.9 Å². The Hall–Kier alpha value is -3.77. The lowest BCUT2D eigenvalue weighted by molar-refractivity contribution is -0.384. The van der Waals surface area contributed by atoms with Gasteiger partial charge in [-0.2, -0.15) is 4.31 Å². The third kappa shape index (κ3) is 7.54. The fraction of sp³-hybridized carbons (Fsp3) is 0.300. The first-order chi connectivity index (χ1) is 20.1. The number of methoxy groups -OCH3 is 1. The van der Waals surface area contributed by atoms with Gasteiger partial charge in [-0.05, 0) is 37.3 Å². The third-order valence-corrected chi connectivity index (χ3v) is 9.33. The number of benzene rings is 3. The van der Waals surface area contributed by atoms with E-state index in [-0.39, 0.29) is 28.9 Å². The molecule has 0 spiro atoms. The highest BCUT2D eigenvalue weighted by Gasteiger charge is 2.30. The van der Waals surface area contributed by atoms with Gasteiger partial charge in [0.1, 0.15) is 10.8 Å². The highest BCUT2D eigenvalue weighted by molar-refractivity contribution is 7.89. The van der Waals surface area contributed by atoms with E-state index in [1.807, 2.05) is 67.6 Å². The number of amides is 1. The summed E-state index contributed by atoms with van der Waals surface area (Å²) in [5.41, 5.74) is 2.12. The van der Waals surface area contributed by atoms with Crippen molar-refractivity contribution in [2.24, 2.45) is 0 Å². The first-order valence-electron chi connectivity index (χ1n) is 13.4. The van der Waals surface area contributed by atoms with E-state index in [4.69, 9.17) is 16.3 Å². The van der Waals surface area contributed by atoms with Crippen LogP contribution in [-0.2, 0) is 10.0 Å². The molecule has 0 radical (unpaired) electrons. The number of rotatable bonds is 11. The molecule has 0 N–H and O–H groups in total. The summed E-state index contributed by atoms with van der Waals surface area (Å²) in [6, 6.07) is 18.6. The van der Waals surface area contributed by atoms with E-state index < -0.39 is 20.6 Å². The average molecular weight is 613 g/mol. The Balaban J connectivity index is 1.41. The minimum absolute atomic E-state index is 0.0924. The van der Waals surface area contributed by atoms with E-state index in [1.165, 1.54) is 16.4 Å². The lowest BCUT2D eigenvalue weighted by Gasteiger charge is -2.35. The van der Waals surface area contributed by atoms with Crippen LogP contribution in [0.3, 0.4) is 0 Å². The van der Waals surface area contributed by atoms with Crippen LogP contribution in [0.15, 0.2) is 77.7 Å². The average Bonchev–Trinajstić information content (AvgIpc) is 2.99. The fourth-order valence-electron chi connectivity index (χ4n) is 4.66. The molecule has 1 aliphatic rings. The van der Waals surface area contributed by atoms with Crippen LogP contribution in [0.1, 0.15) is 21.5 Å². The number of sulfonamides is 1. The van der Waals surface area contributed by atoms with E-state index in [0.717, 1.165) is 22.9 Å². The highest BCUT2D eigenvalue weighted by atomic mass is 35.5. The number of nitrogens with zero attached hydrogens (tertiary/aromatic N) is 4. The van der Waals surface area contributed by atoms with E-state index in [0.29, 0.717) is 38.3 Å². The maximum Gasteiger partial charge on any atom is 0.289 e. The van der Waals surface area contributed by atoms with Crippen molar-refractivity contribution < 1.29 is 22.9 Å². The molecular formula is C30H33ClN4O6S. The lowest BCUT2D eigenvalue weighted by Crippen LogP contribution is -2.50. The fourth-order valence-corrected chi connectivity index (χ4v) is 6.29. The van der Waals surface area contributed by atoms with Gasteiger partial charge in [-0.15, -0.1) is 0 Å². The van der Waals surface area contributed by atoms with Gasteiger partial charge >= 0.3 is 0 Å². The maximum atomic E-state index is 13.4. The minimum atomic E-state index is -3.93. The molecule has 3 aromatic carbocycles. The monoisotopic (exact) mass is 612 g/mol. The number of halogens is 1. The lowest BCUT2D eigenvalue weighted by atomic mass is 10.1. The predicted octanol–water partition coefficient (Wildman–Crippen LogP) is 4.73. The summed E-state index contributed by atoms with van der Waals surface area (Å²) >= 11 is 5.86. The van der Waals surface area contributed by atoms with Gasteiger partial charge in [-0.3, -0.25) is 19.8 Å². The highest BCUT2D eigenvalue weighted by Crippen LogP contribution is 2.29. The normalized spacial score (nSPS) is 14.6. The first-order valence-corrected chi connectivity index (χ1v) is 15.2. The molecule has 10 nitrogen and oxygen atoms in total. The summed E-state index contributed by atoms with van der Waals surface area (Å²) in [6.45, 7) is 4.71. The number of piperazine rings is 1.